The molecule has 4 heteroatoms. The Morgan fingerprint density at radius 1 is 1.31 bits per heavy atom. The summed E-state index contributed by atoms with van der Waals surface area (Å²) in [5.41, 5.74) is 0. The van der Waals surface area contributed by atoms with Gasteiger partial charge in [0, 0.05) is 19.6 Å². The highest BCUT2D eigenvalue weighted by molar-refractivity contribution is 4.85. The number of likely N-dealkylation sites (tertiary alicyclic amines) is 1. The molecule has 2 rings (SSSR count). The minimum atomic E-state index is -0.600. The van der Waals surface area contributed by atoms with E-state index in [9.17, 15) is 5.11 Å². The maximum atomic E-state index is 9.27. The predicted molar refractivity (Wildman–Crippen MR) is 47.4 cm³/mol. The van der Waals surface area contributed by atoms with Crippen LogP contribution < -0.4 is 0 Å². The molecule has 2 aliphatic rings. The number of aliphatic hydroxyl groups is 2. The fraction of sp³-hybridized carbons (Fsp3) is 1.00. The van der Waals surface area contributed by atoms with E-state index in [2.05, 4.69) is 4.90 Å². The molecule has 4 nitrogen and oxygen atoms in total. The van der Waals surface area contributed by atoms with E-state index in [-0.39, 0.29) is 6.61 Å². The molecule has 2 N–H and O–H groups in total. The highest BCUT2D eigenvalue weighted by atomic mass is 16.5. The molecule has 2 fully saturated rings. The number of morpholine rings is 1. The molecule has 76 valence electrons. The zero-order valence-corrected chi connectivity index (χ0v) is 7.72. The summed E-state index contributed by atoms with van der Waals surface area (Å²) < 4.78 is 5.66. The van der Waals surface area contributed by atoms with Crippen molar-refractivity contribution < 1.29 is 14.9 Å². The molecule has 0 amide bonds. The van der Waals surface area contributed by atoms with Crippen LogP contribution in [0, 0.1) is 0 Å². The van der Waals surface area contributed by atoms with Gasteiger partial charge in [0.05, 0.1) is 24.9 Å². The molecule has 0 aromatic heterocycles. The van der Waals surface area contributed by atoms with Crippen molar-refractivity contribution in [2.24, 2.45) is 0 Å². The number of hydrogen-bond acceptors (Lipinski definition) is 4. The zero-order chi connectivity index (χ0) is 9.26. The van der Waals surface area contributed by atoms with E-state index in [4.69, 9.17) is 9.84 Å². The fourth-order valence-corrected chi connectivity index (χ4v) is 2.20. The Balaban J connectivity index is 1.81. The van der Waals surface area contributed by atoms with Crippen LogP contribution in [0.2, 0.25) is 0 Å². The van der Waals surface area contributed by atoms with E-state index in [0.29, 0.717) is 18.8 Å². The van der Waals surface area contributed by atoms with Gasteiger partial charge in [-0.3, -0.25) is 4.90 Å². The average molecular weight is 187 g/mol. The van der Waals surface area contributed by atoms with Crippen LogP contribution in [0.15, 0.2) is 0 Å². The first-order valence-corrected chi connectivity index (χ1v) is 4.94. The topological polar surface area (TPSA) is 52.9 Å². The van der Waals surface area contributed by atoms with Crippen molar-refractivity contribution in [1.82, 2.24) is 4.90 Å². The molecule has 0 aromatic rings. The Labute approximate surface area is 78.1 Å². The molecule has 13 heavy (non-hydrogen) atoms. The number of aliphatic hydroxyl groups excluding tert-OH is 2. The van der Waals surface area contributed by atoms with Gasteiger partial charge in [-0.15, -0.1) is 0 Å². The minimum Gasteiger partial charge on any atom is -0.394 e. The molecule has 2 saturated heterocycles. The monoisotopic (exact) mass is 187 g/mol. The highest BCUT2D eigenvalue weighted by Crippen LogP contribution is 2.25. The third kappa shape index (κ3) is 2.20. The molecule has 0 radical (unpaired) electrons. The molecule has 2 heterocycles. The Morgan fingerprint density at radius 3 is 2.46 bits per heavy atom. The minimum absolute atomic E-state index is 0.146. The average Bonchev–Trinajstić information content (AvgIpc) is 2.46. The van der Waals surface area contributed by atoms with E-state index in [0.717, 1.165) is 25.9 Å². The smallest absolute Gasteiger partial charge is 0.0897 e. The lowest BCUT2D eigenvalue weighted by Gasteiger charge is -2.32. The first-order valence-electron chi connectivity index (χ1n) is 4.94. The van der Waals surface area contributed by atoms with Gasteiger partial charge in [-0.05, 0) is 12.8 Å². The second-order valence-corrected chi connectivity index (χ2v) is 4.01. The SMILES string of the molecule is OCC(O)CN1CC2CCC(C1)O2. The Kier molecular flexibility index (Phi) is 2.83. The van der Waals surface area contributed by atoms with E-state index in [1.807, 2.05) is 0 Å². The van der Waals surface area contributed by atoms with Gasteiger partial charge in [0.15, 0.2) is 0 Å². The van der Waals surface area contributed by atoms with Crippen molar-refractivity contribution in [2.45, 2.75) is 31.2 Å². The van der Waals surface area contributed by atoms with Crippen molar-refractivity contribution >= 4 is 0 Å². The van der Waals surface area contributed by atoms with E-state index < -0.39 is 6.10 Å². The van der Waals surface area contributed by atoms with Gasteiger partial charge in [-0.2, -0.15) is 0 Å². The molecule has 0 aliphatic carbocycles. The molecular formula is C9H17NO3. The Bertz CT molecular complexity index is 164. The van der Waals surface area contributed by atoms with Gasteiger partial charge < -0.3 is 14.9 Å². The summed E-state index contributed by atoms with van der Waals surface area (Å²) in [4.78, 5) is 2.19. The Morgan fingerprint density at radius 2 is 1.92 bits per heavy atom. The first-order chi connectivity index (χ1) is 6.28. The van der Waals surface area contributed by atoms with Crippen LogP contribution in [0.1, 0.15) is 12.8 Å². The molecular weight excluding hydrogens is 170 g/mol. The van der Waals surface area contributed by atoms with Crippen molar-refractivity contribution in [1.29, 1.82) is 0 Å². The summed E-state index contributed by atoms with van der Waals surface area (Å²) in [5, 5.41) is 18.0. The number of rotatable bonds is 3. The number of β-amino-alcohol motifs (C(OH)–C–C–N with tert-alkyl or cyclic N) is 1. The molecule has 3 atom stereocenters. The second-order valence-electron chi connectivity index (χ2n) is 4.01. The first kappa shape index (κ1) is 9.40. The normalized spacial score (nSPS) is 36.5. The zero-order valence-electron chi connectivity index (χ0n) is 7.72. The van der Waals surface area contributed by atoms with Crippen LogP contribution >= 0.6 is 0 Å². The third-order valence-corrected chi connectivity index (χ3v) is 2.80. The van der Waals surface area contributed by atoms with Gasteiger partial charge in [0.25, 0.3) is 0 Å². The number of hydrogen-bond donors (Lipinski definition) is 2. The van der Waals surface area contributed by atoms with Crippen molar-refractivity contribution in [3.8, 4) is 0 Å². The highest BCUT2D eigenvalue weighted by Gasteiger charge is 2.33. The lowest BCUT2D eigenvalue weighted by Crippen LogP contribution is -2.46. The summed E-state index contributed by atoms with van der Waals surface area (Å²) in [6.45, 7) is 2.25. The van der Waals surface area contributed by atoms with Crippen LogP contribution in [-0.4, -0.2) is 59.7 Å². The van der Waals surface area contributed by atoms with Crippen LogP contribution in [0.3, 0.4) is 0 Å². The molecule has 0 spiro atoms. The van der Waals surface area contributed by atoms with E-state index in [1.165, 1.54) is 0 Å². The third-order valence-electron chi connectivity index (χ3n) is 2.80. The second kappa shape index (κ2) is 3.92. The van der Waals surface area contributed by atoms with E-state index >= 15 is 0 Å². The number of nitrogens with zero attached hydrogens (tertiary/aromatic N) is 1. The quantitative estimate of drug-likeness (QED) is 0.607. The lowest BCUT2D eigenvalue weighted by molar-refractivity contribution is -0.0539. The molecule has 2 aliphatic heterocycles. The fourth-order valence-electron chi connectivity index (χ4n) is 2.20. The standard InChI is InChI=1S/C9H17NO3/c11-6-7(12)3-10-4-8-1-2-9(5-10)13-8/h7-9,11-12H,1-6H2. The largest absolute Gasteiger partial charge is 0.394 e. The summed E-state index contributed by atoms with van der Waals surface area (Å²) >= 11 is 0. The van der Waals surface area contributed by atoms with Gasteiger partial charge in [-0.25, -0.2) is 0 Å². The maximum absolute atomic E-state index is 9.27. The summed E-state index contributed by atoms with van der Waals surface area (Å²) in [6, 6.07) is 0. The van der Waals surface area contributed by atoms with Gasteiger partial charge in [0.1, 0.15) is 0 Å². The van der Waals surface area contributed by atoms with Crippen LogP contribution in [0.25, 0.3) is 0 Å². The summed E-state index contributed by atoms with van der Waals surface area (Å²) in [7, 11) is 0. The van der Waals surface area contributed by atoms with Crippen molar-refractivity contribution in [2.75, 3.05) is 26.2 Å². The molecule has 0 saturated carbocycles. The van der Waals surface area contributed by atoms with Gasteiger partial charge >= 0.3 is 0 Å². The predicted octanol–water partition coefficient (Wildman–Crippen LogP) is -0.797. The van der Waals surface area contributed by atoms with Gasteiger partial charge in [0.2, 0.25) is 0 Å². The van der Waals surface area contributed by atoms with Gasteiger partial charge in [-0.1, -0.05) is 0 Å². The van der Waals surface area contributed by atoms with Crippen LogP contribution in [0.4, 0.5) is 0 Å². The molecule has 2 bridgehead atoms. The Hall–Kier alpha value is -0.160. The van der Waals surface area contributed by atoms with E-state index in [1.54, 1.807) is 0 Å². The van der Waals surface area contributed by atoms with Crippen LogP contribution in [-0.2, 0) is 4.74 Å². The molecule has 3 unspecified atom stereocenters. The summed E-state index contributed by atoms with van der Waals surface area (Å²) in [6.07, 6.45) is 2.43. The maximum Gasteiger partial charge on any atom is 0.0897 e. The number of fused-ring (bicyclic) bond motifs is 2. The molecule has 0 aromatic carbocycles. The number of ether oxygens (including phenoxy) is 1. The summed E-state index contributed by atoms with van der Waals surface area (Å²) in [5.74, 6) is 0. The van der Waals surface area contributed by atoms with Crippen LogP contribution in [0.5, 0.6) is 0 Å². The van der Waals surface area contributed by atoms with Crippen molar-refractivity contribution in [3.63, 3.8) is 0 Å². The van der Waals surface area contributed by atoms with Crippen molar-refractivity contribution in [3.05, 3.63) is 0 Å². The lowest BCUT2D eigenvalue weighted by atomic mass is 10.2.